The summed E-state index contributed by atoms with van der Waals surface area (Å²) in [5, 5.41) is 7.42. The van der Waals surface area contributed by atoms with E-state index in [9.17, 15) is 13.2 Å². The third-order valence-corrected chi connectivity index (χ3v) is 7.04. The van der Waals surface area contributed by atoms with E-state index in [0.29, 0.717) is 22.5 Å². The van der Waals surface area contributed by atoms with Gasteiger partial charge in [-0.1, -0.05) is 66.2 Å². The number of hydrazone groups is 1. The van der Waals surface area contributed by atoms with Crippen molar-refractivity contribution in [2.24, 2.45) is 5.10 Å². The molecule has 174 valence electrons. The van der Waals surface area contributed by atoms with Crippen molar-refractivity contribution >= 4 is 44.3 Å². The van der Waals surface area contributed by atoms with Gasteiger partial charge in [0.1, 0.15) is 4.90 Å². The van der Waals surface area contributed by atoms with Gasteiger partial charge in [-0.2, -0.15) is 18.5 Å². The van der Waals surface area contributed by atoms with Gasteiger partial charge in [-0.15, -0.1) is 0 Å². The lowest BCUT2D eigenvalue weighted by Gasteiger charge is -2.14. The molecule has 0 unspecified atom stereocenters. The Bertz CT molecular complexity index is 1610. The van der Waals surface area contributed by atoms with Gasteiger partial charge in [-0.3, -0.25) is 4.79 Å². The number of anilines is 1. The number of aryl methyl sites for hydroxylation is 1. The molecular formula is C28H22N2O4S. The summed E-state index contributed by atoms with van der Waals surface area (Å²) >= 11 is 0. The highest BCUT2D eigenvalue weighted by molar-refractivity contribution is 7.87. The second kappa shape index (κ2) is 8.85. The third kappa shape index (κ3) is 4.34. The van der Waals surface area contributed by atoms with Crippen LogP contribution >= 0.6 is 0 Å². The minimum atomic E-state index is -4.09. The van der Waals surface area contributed by atoms with E-state index in [4.69, 9.17) is 4.18 Å². The van der Waals surface area contributed by atoms with Crippen LogP contribution in [-0.2, 0) is 14.9 Å². The number of hydrogen-bond acceptors (Lipinski definition) is 5. The summed E-state index contributed by atoms with van der Waals surface area (Å²) < 4.78 is 31.7. The number of rotatable bonds is 5. The molecule has 0 aromatic heterocycles. The fourth-order valence-corrected chi connectivity index (χ4v) is 4.89. The highest BCUT2D eigenvalue weighted by Gasteiger charge is 2.29. The minimum absolute atomic E-state index is 0.0554. The van der Waals surface area contributed by atoms with Crippen LogP contribution in [0.2, 0.25) is 0 Å². The molecule has 35 heavy (non-hydrogen) atoms. The summed E-state index contributed by atoms with van der Waals surface area (Å²) in [6.45, 7) is 3.63. The van der Waals surface area contributed by atoms with Crippen LogP contribution in [0.3, 0.4) is 0 Å². The Kier molecular flexibility index (Phi) is 5.70. The van der Waals surface area contributed by atoms with Crippen molar-refractivity contribution in [2.45, 2.75) is 18.7 Å². The van der Waals surface area contributed by atoms with E-state index in [1.165, 1.54) is 17.1 Å². The number of carbonyl (C=O) groups excluding carboxylic acids is 1. The number of hydrogen-bond donors (Lipinski definition) is 0. The van der Waals surface area contributed by atoms with Gasteiger partial charge in [0, 0.05) is 5.56 Å². The van der Waals surface area contributed by atoms with Crippen LogP contribution in [0.25, 0.3) is 16.8 Å². The zero-order valence-electron chi connectivity index (χ0n) is 19.2. The smallest absolute Gasteiger partial charge is 0.339 e. The Labute approximate surface area is 203 Å². The predicted octanol–water partition coefficient (Wildman–Crippen LogP) is 5.72. The van der Waals surface area contributed by atoms with Crippen LogP contribution in [0, 0.1) is 6.92 Å². The van der Waals surface area contributed by atoms with Crippen LogP contribution < -0.4 is 9.19 Å². The lowest BCUT2D eigenvalue weighted by Crippen LogP contribution is -2.21. The molecule has 5 rings (SSSR count). The van der Waals surface area contributed by atoms with Crippen LogP contribution in [0.5, 0.6) is 5.75 Å². The monoisotopic (exact) mass is 482 g/mol. The standard InChI is InChI=1S/C28H22N2O4S/c1-19-12-15-23(16-13-19)35(32,33)34-27-17-14-21-8-6-7-11-24(21)26(27)18-25-20(2)29-30(28(25)31)22-9-4-3-5-10-22/h3-18H,1-2H3/b25-18+. The summed E-state index contributed by atoms with van der Waals surface area (Å²) in [5.74, 6) is -0.162. The predicted molar refractivity (Wildman–Crippen MR) is 138 cm³/mol. The number of fused-ring (bicyclic) bond motifs is 1. The molecule has 0 N–H and O–H groups in total. The van der Waals surface area contributed by atoms with Crippen molar-refractivity contribution in [3.05, 3.63) is 108 Å². The highest BCUT2D eigenvalue weighted by Crippen LogP contribution is 2.34. The Balaban J connectivity index is 1.61. The van der Waals surface area contributed by atoms with Gasteiger partial charge in [0.15, 0.2) is 5.75 Å². The molecule has 6 nitrogen and oxygen atoms in total. The maximum atomic E-state index is 13.3. The number of nitrogens with zero attached hydrogens (tertiary/aromatic N) is 2. The number of carbonyl (C=O) groups is 1. The largest absolute Gasteiger partial charge is 0.378 e. The van der Waals surface area contributed by atoms with Crippen molar-refractivity contribution in [3.8, 4) is 5.75 Å². The first-order valence-electron chi connectivity index (χ1n) is 11.0. The summed E-state index contributed by atoms with van der Waals surface area (Å²) in [7, 11) is -4.09. The quantitative estimate of drug-likeness (QED) is 0.269. The Morgan fingerprint density at radius 1 is 0.829 bits per heavy atom. The van der Waals surface area contributed by atoms with E-state index < -0.39 is 10.1 Å². The van der Waals surface area contributed by atoms with Crippen molar-refractivity contribution < 1.29 is 17.4 Å². The van der Waals surface area contributed by atoms with E-state index in [1.54, 1.807) is 49.4 Å². The SMILES string of the molecule is CC1=NN(c2ccccc2)C(=O)/C1=C/c1c(OS(=O)(=O)c2ccc(C)cc2)ccc2ccccc12. The van der Waals surface area contributed by atoms with Crippen LogP contribution in [0.15, 0.2) is 107 Å². The minimum Gasteiger partial charge on any atom is -0.378 e. The van der Waals surface area contributed by atoms with Crippen molar-refractivity contribution in [2.75, 3.05) is 5.01 Å². The normalized spacial score (nSPS) is 15.0. The molecule has 0 atom stereocenters. The van der Waals surface area contributed by atoms with Crippen LogP contribution in [0.4, 0.5) is 5.69 Å². The summed E-state index contributed by atoms with van der Waals surface area (Å²) in [6, 6.07) is 26.6. The molecule has 0 fully saturated rings. The lowest BCUT2D eigenvalue weighted by atomic mass is 10.00. The molecule has 4 aromatic carbocycles. The second-order valence-electron chi connectivity index (χ2n) is 8.24. The molecule has 0 spiro atoms. The third-order valence-electron chi connectivity index (χ3n) is 5.79. The molecule has 0 radical (unpaired) electrons. The molecular weight excluding hydrogens is 460 g/mol. The molecule has 1 aliphatic rings. The van der Waals surface area contributed by atoms with E-state index in [-0.39, 0.29) is 16.6 Å². The van der Waals surface area contributed by atoms with E-state index in [1.807, 2.05) is 49.4 Å². The van der Waals surface area contributed by atoms with E-state index in [2.05, 4.69) is 5.10 Å². The zero-order chi connectivity index (χ0) is 24.6. The fraction of sp³-hybridized carbons (Fsp3) is 0.0714. The van der Waals surface area contributed by atoms with Crippen molar-refractivity contribution in [1.82, 2.24) is 0 Å². The maximum Gasteiger partial charge on any atom is 0.339 e. The number of amides is 1. The van der Waals surface area contributed by atoms with Crippen molar-refractivity contribution in [1.29, 1.82) is 0 Å². The van der Waals surface area contributed by atoms with E-state index in [0.717, 1.165) is 16.3 Å². The van der Waals surface area contributed by atoms with Gasteiger partial charge in [-0.05, 0) is 61.0 Å². The first kappa shape index (κ1) is 22.6. The summed E-state index contributed by atoms with van der Waals surface area (Å²) in [5.41, 5.74) is 2.97. The topological polar surface area (TPSA) is 76.0 Å². The zero-order valence-corrected chi connectivity index (χ0v) is 20.0. The summed E-state index contributed by atoms with van der Waals surface area (Å²) in [6.07, 6.45) is 1.66. The van der Waals surface area contributed by atoms with Gasteiger partial charge >= 0.3 is 10.1 Å². The molecule has 1 amide bonds. The van der Waals surface area contributed by atoms with Gasteiger partial charge in [0.05, 0.1) is 17.0 Å². The lowest BCUT2D eigenvalue weighted by molar-refractivity contribution is -0.114. The molecule has 0 bridgehead atoms. The van der Waals surface area contributed by atoms with E-state index >= 15 is 0 Å². The first-order chi connectivity index (χ1) is 16.8. The van der Waals surface area contributed by atoms with Crippen LogP contribution in [0.1, 0.15) is 18.1 Å². The Morgan fingerprint density at radius 2 is 1.51 bits per heavy atom. The maximum absolute atomic E-state index is 13.3. The number of para-hydroxylation sites is 1. The molecule has 7 heteroatoms. The second-order valence-corrected chi connectivity index (χ2v) is 9.79. The molecule has 0 saturated heterocycles. The van der Waals surface area contributed by atoms with Crippen LogP contribution in [-0.4, -0.2) is 20.0 Å². The highest BCUT2D eigenvalue weighted by atomic mass is 32.2. The average Bonchev–Trinajstić information content (AvgIpc) is 3.14. The molecule has 4 aromatic rings. The van der Waals surface area contributed by atoms with Gasteiger partial charge in [0.2, 0.25) is 0 Å². The van der Waals surface area contributed by atoms with Crippen molar-refractivity contribution in [3.63, 3.8) is 0 Å². The molecule has 1 heterocycles. The fourth-order valence-electron chi connectivity index (χ4n) is 3.94. The first-order valence-corrected chi connectivity index (χ1v) is 12.4. The van der Waals surface area contributed by atoms with Gasteiger partial charge in [-0.25, -0.2) is 0 Å². The Hall–Kier alpha value is -4.23. The molecule has 0 saturated carbocycles. The van der Waals surface area contributed by atoms with Gasteiger partial charge < -0.3 is 4.18 Å². The molecule has 1 aliphatic heterocycles. The average molecular weight is 483 g/mol. The molecule has 0 aliphatic carbocycles. The summed E-state index contributed by atoms with van der Waals surface area (Å²) in [4.78, 5) is 13.3. The number of benzene rings is 4. The van der Waals surface area contributed by atoms with Gasteiger partial charge in [0.25, 0.3) is 5.91 Å². The Morgan fingerprint density at radius 3 is 2.26 bits per heavy atom.